The van der Waals surface area contributed by atoms with Gasteiger partial charge in [0.25, 0.3) is 0 Å². The Kier molecular flexibility index (Phi) is 5.55. The number of rotatable bonds is 4. The van der Waals surface area contributed by atoms with E-state index in [0.29, 0.717) is 0 Å². The number of carbonyl (C=O) groups excluding carboxylic acids is 1. The maximum atomic E-state index is 12.1. The molecule has 10 nitrogen and oxygen atoms in total. The third-order valence-corrected chi connectivity index (χ3v) is 3.61. The summed E-state index contributed by atoms with van der Waals surface area (Å²) in [5.74, 6) is -0.393. The smallest absolute Gasteiger partial charge is 0.422 e. The third kappa shape index (κ3) is 4.30. The number of amides is 1. The van der Waals surface area contributed by atoms with Gasteiger partial charge in [0, 0.05) is 6.20 Å². The summed E-state index contributed by atoms with van der Waals surface area (Å²) in [4.78, 5) is 26.7. The average molecular weight is 383 g/mol. The normalized spacial score (nSPS) is 28.8. The van der Waals surface area contributed by atoms with Gasteiger partial charge < -0.3 is 24.8 Å². The number of anilines is 1. The first-order valence-electron chi connectivity index (χ1n) is 7.22. The number of carbonyl (C=O) groups is 1. The van der Waals surface area contributed by atoms with Gasteiger partial charge in [-0.15, -0.1) is 0 Å². The Morgan fingerprint density at radius 2 is 2.19 bits per heavy atom. The number of aliphatic hydroxyl groups is 3. The second-order valence-electron chi connectivity index (χ2n) is 5.70. The van der Waals surface area contributed by atoms with Gasteiger partial charge in [0.15, 0.2) is 12.8 Å². The van der Waals surface area contributed by atoms with Crippen molar-refractivity contribution >= 4 is 11.9 Å². The molecule has 1 fully saturated rings. The van der Waals surface area contributed by atoms with Crippen molar-refractivity contribution in [1.82, 2.24) is 9.55 Å². The lowest BCUT2D eigenvalue weighted by molar-refractivity contribution is -0.159. The van der Waals surface area contributed by atoms with E-state index in [2.05, 4.69) is 9.72 Å². The van der Waals surface area contributed by atoms with Crippen LogP contribution >= 0.6 is 0 Å². The van der Waals surface area contributed by atoms with E-state index in [1.807, 2.05) is 5.32 Å². The standard InChI is InChI=1S/C13H16F3N3O7/c1-12(24)8(21)6(4-20)26-9(12)19-3-2-7(17-10(19)22)18-11(23)25-5-13(14,15)16/h2-3,6,8-9,20-21,24H,4-5H2,1H3,(H,17,18,22,23)/t6-,8-,9-,12-/m1/s1. The molecule has 1 aliphatic heterocycles. The van der Waals surface area contributed by atoms with Crippen LogP contribution in [0.3, 0.4) is 0 Å². The maximum Gasteiger partial charge on any atom is 0.422 e. The van der Waals surface area contributed by atoms with Crippen molar-refractivity contribution < 1.29 is 42.8 Å². The van der Waals surface area contributed by atoms with Crippen molar-refractivity contribution in [2.24, 2.45) is 0 Å². The highest BCUT2D eigenvalue weighted by Gasteiger charge is 2.53. The number of aromatic nitrogens is 2. The summed E-state index contributed by atoms with van der Waals surface area (Å²) in [5.41, 5.74) is -2.96. The molecular weight excluding hydrogens is 367 g/mol. The summed E-state index contributed by atoms with van der Waals surface area (Å²) in [6, 6.07) is 1.05. The Labute approximate surface area is 143 Å². The van der Waals surface area contributed by atoms with Crippen LogP contribution in [0.5, 0.6) is 0 Å². The first-order chi connectivity index (χ1) is 12.0. The van der Waals surface area contributed by atoms with Crippen LogP contribution in [0.2, 0.25) is 0 Å². The molecule has 0 aliphatic carbocycles. The van der Waals surface area contributed by atoms with Gasteiger partial charge in [0.05, 0.1) is 6.61 Å². The highest BCUT2D eigenvalue weighted by atomic mass is 19.4. The quantitative estimate of drug-likeness (QED) is 0.537. The predicted octanol–water partition coefficient (Wildman–Crippen LogP) is -0.644. The van der Waals surface area contributed by atoms with Crippen molar-refractivity contribution in [2.75, 3.05) is 18.5 Å². The van der Waals surface area contributed by atoms with Crippen LogP contribution in [0.15, 0.2) is 17.1 Å². The lowest BCUT2D eigenvalue weighted by atomic mass is 9.96. The molecular formula is C13H16F3N3O7. The topological polar surface area (TPSA) is 143 Å². The molecule has 0 unspecified atom stereocenters. The van der Waals surface area contributed by atoms with Gasteiger partial charge in [-0.1, -0.05) is 0 Å². The van der Waals surface area contributed by atoms with E-state index in [0.717, 1.165) is 16.8 Å². The molecule has 146 valence electrons. The van der Waals surface area contributed by atoms with Crippen LogP contribution in [0, 0.1) is 0 Å². The lowest BCUT2D eigenvalue weighted by Gasteiger charge is -2.27. The van der Waals surface area contributed by atoms with Crippen LogP contribution in [0.25, 0.3) is 0 Å². The Bertz CT molecular complexity index is 722. The first kappa shape index (κ1) is 20.1. The fourth-order valence-corrected chi connectivity index (χ4v) is 2.34. The van der Waals surface area contributed by atoms with Crippen LogP contribution in [0.4, 0.5) is 23.8 Å². The molecule has 1 saturated heterocycles. The number of nitrogens with one attached hydrogen (secondary N) is 1. The summed E-state index contributed by atoms with van der Waals surface area (Å²) < 4.78 is 45.8. The minimum atomic E-state index is -4.70. The van der Waals surface area contributed by atoms with E-state index in [1.54, 1.807) is 0 Å². The van der Waals surface area contributed by atoms with E-state index < -0.39 is 61.0 Å². The Morgan fingerprint density at radius 3 is 2.69 bits per heavy atom. The Hall–Kier alpha value is -2.22. The van der Waals surface area contributed by atoms with E-state index in [1.165, 1.54) is 6.92 Å². The Balaban J connectivity index is 2.13. The van der Waals surface area contributed by atoms with Gasteiger partial charge in [-0.05, 0) is 13.0 Å². The van der Waals surface area contributed by atoms with Crippen molar-refractivity contribution in [3.63, 3.8) is 0 Å². The van der Waals surface area contributed by atoms with E-state index in [4.69, 9.17) is 9.84 Å². The molecule has 1 amide bonds. The molecule has 1 aliphatic rings. The average Bonchev–Trinajstić information content (AvgIpc) is 2.75. The molecule has 4 atom stereocenters. The highest BCUT2D eigenvalue weighted by Crippen LogP contribution is 2.37. The zero-order valence-corrected chi connectivity index (χ0v) is 13.3. The second-order valence-corrected chi connectivity index (χ2v) is 5.70. The first-order valence-corrected chi connectivity index (χ1v) is 7.22. The number of nitrogens with zero attached hydrogens (tertiary/aromatic N) is 2. The van der Waals surface area contributed by atoms with Crippen LogP contribution in [-0.2, 0) is 9.47 Å². The van der Waals surface area contributed by atoms with Crippen molar-refractivity contribution in [3.8, 4) is 0 Å². The van der Waals surface area contributed by atoms with Gasteiger partial charge in [-0.2, -0.15) is 18.2 Å². The highest BCUT2D eigenvalue weighted by molar-refractivity contribution is 5.83. The van der Waals surface area contributed by atoms with E-state index >= 15 is 0 Å². The molecule has 0 bridgehead atoms. The second kappa shape index (κ2) is 7.19. The summed E-state index contributed by atoms with van der Waals surface area (Å²) in [7, 11) is 0. The van der Waals surface area contributed by atoms with Gasteiger partial charge in [-0.25, -0.2) is 9.59 Å². The van der Waals surface area contributed by atoms with Crippen molar-refractivity contribution in [1.29, 1.82) is 0 Å². The number of halogens is 3. The summed E-state index contributed by atoms with van der Waals surface area (Å²) in [5, 5.41) is 31.2. The largest absolute Gasteiger partial charge is 0.440 e. The van der Waals surface area contributed by atoms with Gasteiger partial charge in [-0.3, -0.25) is 9.88 Å². The van der Waals surface area contributed by atoms with Crippen molar-refractivity contribution in [3.05, 3.63) is 22.7 Å². The minimum absolute atomic E-state index is 0.393. The molecule has 0 aromatic carbocycles. The zero-order chi connectivity index (χ0) is 19.7. The molecule has 0 spiro atoms. The third-order valence-electron chi connectivity index (χ3n) is 3.61. The number of hydrogen-bond donors (Lipinski definition) is 4. The summed E-state index contributed by atoms with van der Waals surface area (Å²) in [6.07, 6.45) is -9.14. The van der Waals surface area contributed by atoms with Crippen LogP contribution in [-0.4, -0.2) is 68.2 Å². The number of hydrogen-bond acceptors (Lipinski definition) is 8. The van der Waals surface area contributed by atoms with Gasteiger partial charge in [0.1, 0.15) is 23.6 Å². The molecule has 0 saturated carbocycles. The molecule has 13 heteroatoms. The minimum Gasteiger partial charge on any atom is -0.440 e. The van der Waals surface area contributed by atoms with Gasteiger partial charge in [0.2, 0.25) is 0 Å². The molecule has 2 rings (SSSR count). The number of aliphatic hydroxyl groups excluding tert-OH is 2. The summed E-state index contributed by atoms with van der Waals surface area (Å²) in [6.45, 7) is -1.24. The fraction of sp³-hybridized carbons (Fsp3) is 0.615. The molecule has 1 aromatic rings. The summed E-state index contributed by atoms with van der Waals surface area (Å²) >= 11 is 0. The molecule has 4 N–H and O–H groups in total. The number of alkyl halides is 3. The van der Waals surface area contributed by atoms with E-state index in [9.17, 15) is 33.0 Å². The van der Waals surface area contributed by atoms with E-state index in [-0.39, 0.29) is 0 Å². The van der Waals surface area contributed by atoms with Crippen LogP contribution < -0.4 is 11.0 Å². The maximum absolute atomic E-state index is 12.1. The fourth-order valence-electron chi connectivity index (χ4n) is 2.34. The monoisotopic (exact) mass is 383 g/mol. The van der Waals surface area contributed by atoms with Crippen LogP contribution in [0.1, 0.15) is 13.2 Å². The molecule has 26 heavy (non-hydrogen) atoms. The van der Waals surface area contributed by atoms with Gasteiger partial charge >= 0.3 is 18.0 Å². The number of ether oxygens (including phenoxy) is 2. The van der Waals surface area contributed by atoms with Crippen molar-refractivity contribution in [2.45, 2.75) is 37.1 Å². The Morgan fingerprint density at radius 1 is 1.54 bits per heavy atom. The zero-order valence-electron chi connectivity index (χ0n) is 13.3. The predicted molar refractivity (Wildman–Crippen MR) is 77.1 cm³/mol. The SMILES string of the molecule is C[C@@]1(O)[C@H](O)[C@@H](CO)O[C@H]1n1ccc(NC(=O)OCC(F)(F)F)nc1=O. The lowest BCUT2D eigenvalue weighted by Crippen LogP contribution is -2.46. The molecule has 2 heterocycles. The molecule has 0 radical (unpaired) electrons. The molecule has 1 aromatic heterocycles.